The van der Waals surface area contributed by atoms with E-state index < -0.39 is 5.97 Å². The van der Waals surface area contributed by atoms with Gasteiger partial charge in [-0.3, -0.25) is 9.59 Å². The lowest BCUT2D eigenvalue weighted by atomic mass is 10.1. The predicted octanol–water partition coefficient (Wildman–Crippen LogP) is 2.97. The summed E-state index contributed by atoms with van der Waals surface area (Å²) in [5.74, 6) is -1.25. The molecule has 0 aromatic carbocycles. The van der Waals surface area contributed by atoms with Crippen molar-refractivity contribution >= 4 is 34.1 Å². The van der Waals surface area contributed by atoms with Crippen molar-refractivity contribution in [3.05, 3.63) is 16.0 Å². The van der Waals surface area contributed by atoms with E-state index in [1.54, 1.807) is 20.8 Å². The van der Waals surface area contributed by atoms with Gasteiger partial charge in [0, 0.05) is 12.5 Å². The number of hydrogen-bond donors (Lipinski definition) is 2. The van der Waals surface area contributed by atoms with Gasteiger partial charge in [0.05, 0.1) is 17.6 Å². The van der Waals surface area contributed by atoms with E-state index in [1.165, 1.54) is 7.11 Å². The lowest BCUT2D eigenvalue weighted by Gasteiger charge is -2.07. The SMILES string of the molecule is CCCCNC(=O)c1sc(NC(=O)C(C)C)c(C(=O)OC)c1C. The average molecular weight is 340 g/mol. The molecule has 0 atom stereocenters. The molecule has 1 heterocycles. The molecule has 0 spiro atoms. The lowest BCUT2D eigenvalue weighted by Crippen LogP contribution is -2.24. The average Bonchev–Trinajstić information content (AvgIpc) is 2.83. The molecule has 0 saturated carbocycles. The monoisotopic (exact) mass is 340 g/mol. The summed E-state index contributed by atoms with van der Waals surface area (Å²) in [7, 11) is 1.27. The highest BCUT2D eigenvalue weighted by atomic mass is 32.1. The molecule has 0 saturated heterocycles. The Labute approximate surface area is 140 Å². The first-order valence-corrected chi connectivity index (χ1v) is 8.45. The van der Waals surface area contributed by atoms with Crippen LogP contribution in [0, 0.1) is 12.8 Å². The number of ether oxygens (including phenoxy) is 1. The molecule has 0 aliphatic carbocycles. The van der Waals surface area contributed by atoms with E-state index in [0.717, 1.165) is 24.2 Å². The van der Waals surface area contributed by atoms with Crippen LogP contribution >= 0.6 is 11.3 Å². The molecule has 2 amide bonds. The van der Waals surface area contributed by atoms with Gasteiger partial charge in [-0.25, -0.2) is 4.79 Å². The first-order chi connectivity index (χ1) is 10.8. The van der Waals surface area contributed by atoms with E-state index in [-0.39, 0.29) is 23.3 Å². The predicted molar refractivity (Wildman–Crippen MR) is 91.1 cm³/mol. The second kappa shape index (κ2) is 8.67. The summed E-state index contributed by atoms with van der Waals surface area (Å²) >= 11 is 1.10. The van der Waals surface area contributed by atoms with Crippen LogP contribution in [0.4, 0.5) is 5.00 Å². The van der Waals surface area contributed by atoms with Crippen LogP contribution in [0.2, 0.25) is 0 Å². The molecule has 0 aliphatic heterocycles. The first-order valence-electron chi connectivity index (χ1n) is 7.64. The van der Waals surface area contributed by atoms with Crippen molar-refractivity contribution in [2.75, 3.05) is 19.0 Å². The van der Waals surface area contributed by atoms with Gasteiger partial charge in [-0.2, -0.15) is 0 Å². The maximum atomic E-state index is 12.3. The van der Waals surface area contributed by atoms with E-state index in [9.17, 15) is 14.4 Å². The molecule has 23 heavy (non-hydrogen) atoms. The summed E-state index contributed by atoms with van der Waals surface area (Å²) in [5, 5.41) is 5.88. The highest BCUT2D eigenvalue weighted by molar-refractivity contribution is 7.18. The van der Waals surface area contributed by atoms with Gasteiger partial charge in [0.25, 0.3) is 5.91 Å². The fraction of sp³-hybridized carbons (Fsp3) is 0.562. The van der Waals surface area contributed by atoms with Gasteiger partial charge in [-0.15, -0.1) is 11.3 Å². The van der Waals surface area contributed by atoms with Gasteiger partial charge in [0.1, 0.15) is 5.00 Å². The summed E-state index contributed by atoms with van der Waals surface area (Å²) in [6.45, 7) is 7.81. The van der Waals surface area contributed by atoms with Crippen molar-refractivity contribution in [3.8, 4) is 0 Å². The quantitative estimate of drug-likeness (QED) is 0.590. The zero-order valence-electron chi connectivity index (χ0n) is 14.2. The third kappa shape index (κ3) is 4.79. The van der Waals surface area contributed by atoms with Gasteiger partial charge in [0.15, 0.2) is 0 Å². The summed E-state index contributed by atoms with van der Waals surface area (Å²) in [6.07, 6.45) is 1.86. The largest absolute Gasteiger partial charge is 0.465 e. The third-order valence-corrected chi connectivity index (χ3v) is 4.53. The summed E-state index contributed by atoms with van der Waals surface area (Å²) in [4.78, 5) is 36.6. The second-order valence-electron chi connectivity index (χ2n) is 5.51. The van der Waals surface area contributed by atoms with E-state index >= 15 is 0 Å². The van der Waals surface area contributed by atoms with Gasteiger partial charge in [-0.1, -0.05) is 27.2 Å². The Morgan fingerprint density at radius 2 is 1.91 bits per heavy atom. The van der Waals surface area contributed by atoms with Crippen molar-refractivity contribution in [1.82, 2.24) is 5.32 Å². The Bertz CT molecular complexity index is 593. The van der Waals surface area contributed by atoms with Crippen molar-refractivity contribution in [2.24, 2.45) is 5.92 Å². The number of hydrogen-bond acceptors (Lipinski definition) is 5. The Morgan fingerprint density at radius 3 is 2.43 bits per heavy atom. The Kier molecular flexibility index (Phi) is 7.22. The number of amides is 2. The zero-order chi connectivity index (χ0) is 17.6. The number of nitrogens with one attached hydrogen (secondary N) is 2. The Morgan fingerprint density at radius 1 is 1.26 bits per heavy atom. The molecule has 1 rings (SSSR count). The first kappa shape index (κ1) is 19.2. The molecular formula is C16H24N2O4S. The van der Waals surface area contributed by atoms with Crippen LogP contribution in [0.1, 0.15) is 59.2 Å². The molecule has 2 N–H and O–H groups in total. The molecular weight excluding hydrogens is 316 g/mol. The number of carbonyl (C=O) groups is 3. The normalized spacial score (nSPS) is 10.5. The highest BCUT2D eigenvalue weighted by Gasteiger charge is 2.26. The smallest absolute Gasteiger partial charge is 0.341 e. The van der Waals surface area contributed by atoms with Gasteiger partial charge in [0.2, 0.25) is 5.91 Å². The maximum Gasteiger partial charge on any atom is 0.341 e. The van der Waals surface area contributed by atoms with E-state index in [0.29, 0.717) is 22.0 Å². The topological polar surface area (TPSA) is 84.5 Å². The van der Waals surface area contributed by atoms with Gasteiger partial charge < -0.3 is 15.4 Å². The van der Waals surface area contributed by atoms with Crippen molar-refractivity contribution in [3.63, 3.8) is 0 Å². The molecule has 1 aromatic heterocycles. The van der Waals surface area contributed by atoms with Gasteiger partial charge in [-0.05, 0) is 18.9 Å². The molecule has 7 heteroatoms. The minimum Gasteiger partial charge on any atom is -0.465 e. The lowest BCUT2D eigenvalue weighted by molar-refractivity contribution is -0.118. The molecule has 0 unspecified atom stereocenters. The zero-order valence-corrected chi connectivity index (χ0v) is 15.1. The summed E-state index contributed by atoms with van der Waals surface area (Å²) in [5.41, 5.74) is 0.766. The number of carbonyl (C=O) groups excluding carboxylic acids is 3. The van der Waals surface area contributed by atoms with Crippen molar-refractivity contribution in [2.45, 2.75) is 40.5 Å². The maximum absolute atomic E-state index is 12.3. The highest BCUT2D eigenvalue weighted by Crippen LogP contribution is 2.34. The Hall–Kier alpha value is -1.89. The number of unbranched alkanes of at least 4 members (excludes halogenated alkanes) is 1. The van der Waals surface area contributed by atoms with E-state index in [1.807, 2.05) is 6.92 Å². The van der Waals surface area contributed by atoms with Gasteiger partial charge >= 0.3 is 5.97 Å². The van der Waals surface area contributed by atoms with Crippen LogP contribution in [0.3, 0.4) is 0 Å². The minimum atomic E-state index is -0.564. The number of esters is 1. The number of rotatable bonds is 7. The second-order valence-corrected chi connectivity index (χ2v) is 6.53. The van der Waals surface area contributed by atoms with Crippen molar-refractivity contribution < 1.29 is 19.1 Å². The molecule has 0 fully saturated rings. The number of anilines is 1. The minimum absolute atomic E-state index is 0.214. The fourth-order valence-corrected chi connectivity index (χ4v) is 3.00. The number of methoxy groups -OCH3 is 1. The van der Waals surface area contributed by atoms with Crippen LogP contribution in [-0.2, 0) is 9.53 Å². The standard InChI is InChI=1S/C16H24N2O4S/c1-6-7-8-17-14(20)12-10(4)11(16(21)22-5)15(23-12)18-13(19)9(2)3/h9H,6-8H2,1-5H3,(H,17,20)(H,18,19). The molecule has 0 radical (unpaired) electrons. The van der Waals surface area contributed by atoms with Crippen LogP contribution in [0.5, 0.6) is 0 Å². The van der Waals surface area contributed by atoms with Crippen LogP contribution < -0.4 is 10.6 Å². The Balaban J connectivity index is 3.14. The molecule has 6 nitrogen and oxygen atoms in total. The number of thiophene rings is 1. The summed E-state index contributed by atoms with van der Waals surface area (Å²) in [6, 6.07) is 0. The fourth-order valence-electron chi connectivity index (χ4n) is 1.88. The third-order valence-electron chi connectivity index (χ3n) is 3.32. The van der Waals surface area contributed by atoms with E-state index in [4.69, 9.17) is 4.74 Å². The molecule has 1 aromatic rings. The molecule has 0 bridgehead atoms. The van der Waals surface area contributed by atoms with Crippen LogP contribution in [0.25, 0.3) is 0 Å². The molecule has 128 valence electrons. The van der Waals surface area contributed by atoms with E-state index in [2.05, 4.69) is 10.6 Å². The van der Waals surface area contributed by atoms with Crippen LogP contribution in [-0.4, -0.2) is 31.4 Å². The summed E-state index contributed by atoms with van der Waals surface area (Å²) < 4.78 is 4.78. The van der Waals surface area contributed by atoms with Crippen LogP contribution in [0.15, 0.2) is 0 Å². The van der Waals surface area contributed by atoms with Crippen molar-refractivity contribution in [1.29, 1.82) is 0 Å². The molecule has 0 aliphatic rings.